The number of hydrogen-bond donors (Lipinski definition) is 2. The van der Waals surface area contributed by atoms with Crippen LogP contribution in [0.5, 0.6) is 11.8 Å². The van der Waals surface area contributed by atoms with Gasteiger partial charge < -0.3 is 15.7 Å². The fourth-order valence-electron chi connectivity index (χ4n) is 2.30. The van der Waals surface area contributed by atoms with Gasteiger partial charge in [-0.05, 0) is 48.6 Å². The van der Waals surface area contributed by atoms with Gasteiger partial charge in [-0.15, -0.1) is 0 Å². The summed E-state index contributed by atoms with van der Waals surface area (Å²) in [5.74, 6) is 0.619. The summed E-state index contributed by atoms with van der Waals surface area (Å²) in [6, 6.07) is 7.72. The topological polar surface area (TPSA) is 93.6 Å². The summed E-state index contributed by atoms with van der Waals surface area (Å²) in [6.07, 6.45) is 4.90. The highest BCUT2D eigenvalue weighted by Gasteiger charge is 2.12. The molecule has 3 N–H and O–H groups in total. The zero-order valence-corrected chi connectivity index (χ0v) is 10.8. The number of nitrogens with two attached hydrogens (primary N) is 1. The van der Waals surface area contributed by atoms with E-state index >= 15 is 0 Å². The Morgan fingerprint density at radius 3 is 2.95 bits per heavy atom. The molecule has 0 fully saturated rings. The summed E-state index contributed by atoms with van der Waals surface area (Å²) in [5, 5.41) is 11.5. The number of benzene rings is 1. The van der Waals surface area contributed by atoms with Crippen LogP contribution in [0.15, 0.2) is 35.6 Å². The first-order valence-corrected chi connectivity index (χ1v) is 6.37. The number of hydrogen-bond acceptors (Lipinski definition) is 5. The Balaban J connectivity index is 1.84. The van der Waals surface area contributed by atoms with Crippen LogP contribution in [0.25, 0.3) is 0 Å². The number of rotatable bonds is 3. The Bertz CT molecular complexity index is 670. The highest BCUT2D eigenvalue weighted by Crippen LogP contribution is 2.27. The Kier molecular flexibility index (Phi) is 3.20. The molecule has 20 heavy (non-hydrogen) atoms. The summed E-state index contributed by atoms with van der Waals surface area (Å²) < 4.78 is 5.62. The second kappa shape index (κ2) is 5.16. The van der Waals surface area contributed by atoms with E-state index in [4.69, 9.17) is 15.7 Å². The molecule has 6 nitrogen and oxygen atoms in total. The number of oxime groups is 1. The van der Waals surface area contributed by atoms with Crippen LogP contribution >= 0.6 is 0 Å². The minimum atomic E-state index is -0.0776. The minimum absolute atomic E-state index is 0.0776. The zero-order valence-electron chi connectivity index (χ0n) is 10.8. The monoisotopic (exact) mass is 270 g/mol. The van der Waals surface area contributed by atoms with E-state index in [0.717, 1.165) is 12.8 Å². The fourth-order valence-corrected chi connectivity index (χ4v) is 2.30. The predicted octanol–water partition coefficient (Wildman–Crippen LogP) is 1.85. The van der Waals surface area contributed by atoms with Crippen molar-refractivity contribution in [2.45, 2.75) is 19.3 Å². The molecule has 102 valence electrons. The van der Waals surface area contributed by atoms with Crippen molar-refractivity contribution in [3.8, 4) is 11.8 Å². The first-order valence-electron chi connectivity index (χ1n) is 6.37. The van der Waals surface area contributed by atoms with Crippen molar-refractivity contribution in [3.63, 3.8) is 0 Å². The average Bonchev–Trinajstić information content (AvgIpc) is 2.94. The van der Waals surface area contributed by atoms with Crippen molar-refractivity contribution in [2.24, 2.45) is 10.9 Å². The van der Waals surface area contributed by atoms with Crippen LogP contribution in [0, 0.1) is 0 Å². The molecule has 0 aliphatic heterocycles. The van der Waals surface area contributed by atoms with Crippen LogP contribution in [0.1, 0.15) is 23.2 Å². The van der Waals surface area contributed by atoms with Crippen molar-refractivity contribution < 1.29 is 9.94 Å². The van der Waals surface area contributed by atoms with Crippen LogP contribution in [-0.2, 0) is 12.8 Å². The minimum Gasteiger partial charge on any atom is -0.424 e. The molecule has 0 saturated heterocycles. The van der Waals surface area contributed by atoms with Gasteiger partial charge in [0.1, 0.15) is 11.4 Å². The van der Waals surface area contributed by atoms with E-state index in [1.54, 1.807) is 6.07 Å². The molecule has 0 radical (unpaired) electrons. The van der Waals surface area contributed by atoms with Crippen molar-refractivity contribution >= 4 is 5.84 Å². The number of fused-ring (bicyclic) bond motifs is 1. The molecule has 0 saturated carbocycles. The van der Waals surface area contributed by atoms with Crippen molar-refractivity contribution in [2.75, 3.05) is 0 Å². The van der Waals surface area contributed by atoms with Crippen LogP contribution in [-0.4, -0.2) is 21.0 Å². The summed E-state index contributed by atoms with van der Waals surface area (Å²) in [7, 11) is 0. The standard InChI is InChI=1S/C14H14N4O2/c15-13(18-19)12-6-7-16-14(17-12)20-11-5-4-9-2-1-3-10(9)8-11/h4-8,19H,1-3H2,(H2,15,18). The maximum atomic E-state index is 8.64. The van der Waals surface area contributed by atoms with E-state index in [2.05, 4.69) is 21.2 Å². The molecule has 1 aromatic carbocycles. The van der Waals surface area contributed by atoms with Crippen LogP contribution in [0.4, 0.5) is 0 Å². The number of aromatic nitrogens is 2. The zero-order chi connectivity index (χ0) is 13.9. The quantitative estimate of drug-likeness (QED) is 0.384. The molecule has 1 aromatic heterocycles. The summed E-state index contributed by atoms with van der Waals surface area (Å²) in [4.78, 5) is 8.10. The maximum Gasteiger partial charge on any atom is 0.322 e. The smallest absolute Gasteiger partial charge is 0.322 e. The third-order valence-corrected chi connectivity index (χ3v) is 3.28. The highest BCUT2D eigenvalue weighted by molar-refractivity contribution is 5.95. The summed E-state index contributed by atoms with van der Waals surface area (Å²) in [6.45, 7) is 0. The van der Waals surface area contributed by atoms with Crippen molar-refractivity contribution in [3.05, 3.63) is 47.3 Å². The van der Waals surface area contributed by atoms with Crippen LogP contribution in [0.2, 0.25) is 0 Å². The van der Waals surface area contributed by atoms with Gasteiger partial charge in [-0.1, -0.05) is 11.2 Å². The summed E-state index contributed by atoms with van der Waals surface area (Å²) in [5.41, 5.74) is 8.50. The van der Waals surface area contributed by atoms with E-state index < -0.39 is 0 Å². The lowest BCUT2D eigenvalue weighted by molar-refractivity contribution is 0.318. The number of ether oxygens (including phenoxy) is 1. The number of nitrogens with zero attached hydrogens (tertiary/aromatic N) is 3. The van der Waals surface area contributed by atoms with Crippen LogP contribution < -0.4 is 10.5 Å². The van der Waals surface area contributed by atoms with Gasteiger partial charge in [0.05, 0.1) is 0 Å². The van der Waals surface area contributed by atoms with Crippen molar-refractivity contribution in [1.29, 1.82) is 0 Å². The molecule has 0 atom stereocenters. The van der Waals surface area contributed by atoms with Gasteiger partial charge in [0.25, 0.3) is 0 Å². The third-order valence-electron chi connectivity index (χ3n) is 3.28. The van der Waals surface area contributed by atoms with Crippen LogP contribution in [0.3, 0.4) is 0 Å². The van der Waals surface area contributed by atoms with E-state index in [1.165, 1.54) is 23.7 Å². The molecule has 0 amide bonds. The fraction of sp³-hybridized carbons (Fsp3) is 0.214. The summed E-state index contributed by atoms with van der Waals surface area (Å²) >= 11 is 0. The average molecular weight is 270 g/mol. The van der Waals surface area contributed by atoms with Gasteiger partial charge in [-0.25, -0.2) is 4.98 Å². The van der Waals surface area contributed by atoms with Gasteiger partial charge in [0.2, 0.25) is 0 Å². The van der Waals surface area contributed by atoms with Gasteiger partial charge in [0, 0.05) is 6.20 Å². The first kappa shape index (κ1) is 12.4. The van der Waals surface area contributed by atoms with E-state index in [0.29, 0.717) is 11.4 Å². The lowest BCUT2D eigenvalue weighted by Crippen LogP contribution is -2.15. The Hall–Kier alpha value is -2.63. The predicted molar refractivity (Wildman–Crippen MR) is 73.1 cm³/mol. The molecule has 6 heteroatoms. The Morgan fingerprint density at radius 2 is 2.10 bits per heavy atom. The molecule has 0 spiro atoms. The highest BCUT2D eigenvalue weighted by atomic mass is 16.5. The van der Waals surface area contributed by atoms with Gasteiger partial charge in [-0.3, -0.25) is 0 Å². The van der Waals surface area contributed by atoms with Gasteiger partial charge in [0.15, 0.2) is 5.84 Å². The molecule has 0 bridgehead atoms. The number of aryl methyl sites for hydroxylation is 2. The van der Waals surface area contributed by atoms with E-state index in [9.17, 15) is 0 Å². The SMILES string of the molecule is N/C(=N/O)c1ccnc(Oc2ccc3c(c2)CCC3)n1. The first-order chi connectivity index (χ1) is 9.76. The second-order valence-corrected chi connectivity index (χ2v) is 4.60. The molecule has 0 unspecified atom stereocenters. The van der Waals surface area contributed by atoms with Crippen molar-refractivity contribution in [1.82, 2.24) is 9.97 Å². The third kappa shape index (κ3) is 2.40. The lowest BCUT2D eigenvalue weighted by atomic mass is 10.1. The molecule has 1 aliphatic carbocycles. The largest absolute Gasteiger partial charge is 0.424 e. The molecule has 3 rings (SSSR count). The number of amidine groups is 1. The molecule has 1 aliphatic rings. The van der Waals surface area contributed by atoms with E-state index in [-0.39, 0.29) is 11.8 Å². The Labute approximate surface area is 115 Å². The Morgan fingerprint density at radius 1 is 1.25 bits per heavy atom. The lowest BCUT2D eigenvalue weighted by Gasteiger charge is -2.06. The molecular formula is C14H14N4O2. The second-order valence-electron chi connectivity index (χ2n) is 4.60. The van der Waals surface area contributed by atoms with Gasteiger partial charge in [-0.2, -0.15) is 4.98 Å². The molecule has 1 heterocycles. The maximum absolute atomic E-state index is 8.64. The van der Waals surface area contributed by atoms with Gasteiger partial charge >= 0.3 is 6.01 Å². The van der Waals surface area contributed by atoms with E-state index in [1.807, 2.05) is 12.1 Å². The normalized spacial score (nSPS) is 14.1. The molecule has 2 aromatic rings. The molecular weight excluding hydrogens is 256 g/mol.